The van der Waals surface area contributed by atoms with Gasteiger partial charge in [0.2, 0.25) is 5.91 Å². The summed E-state index contributed by atoms with van der Waals surface area (Å²) in [7, 11) is 0. The van der Waals surface area contributed by atoms with Gasteiger partial charge in [-0.15, -0.1) is 0 Å². The highest BCUT2D eigenvalue weighted by Crippen LogP contribution is 2.24. The van der Waals surface area contributed by atoms with Crippen molar-refractivity contribution >= 4 is 12.0 Å². The number of rotatable bonds is 4. The van der Waals surface area contributed by atoms with Crippen molar-refractivity contribution in [2.75, 3.05) is 13.1 Å². The van der Waals surface area contributed by atoms with Gasteiger partial charge in [-0.3, -0.25) is 9.78 Å². The summed E-state index contributed by atoms with van der Waals surface area (Å²) in [6.07, 6.45) is 10.0. The number of benzene rings is 1. The minimum atomic E-state index is 0.0517. The molecule has 1 amide bonds. The molecule has 3 aromatic rings. The molecule has 5 heteroatoms. The molecule has 1 aliphatic heterocycles. The Hall–Kier alpha value is -3.21. The summed E-state index contributed by atoms with van der Waals surface area (Å²) in [5, 5.41) is 4.71. The number of likely N-dealkylation sites (tertiary alicyclic amines) is 1. The second-order valence-corrected chi connectivity index (χ2v) is 5.97. The molecule has 0 spiro atoms. The highest BCUT2D eigenvalue weighted by atomic mass is 16.2. The minimum absolute atomic E-state index is 0.0517. The van der Waals surface area contributed by atoms with E-state index in [0.717, 1.165) is 42.0 Å². The first-order chi connectivity index (χ1) is 12.3. The van der Waals surface area contributed by atoms with Crippen molar-refractivity contribution in [3.63, 3.8) is 0 Å². The van der Waals surface area contributed by atoms with Crippen molar-refractivity contribution in [1.29, 1.82) is 0 Å². The van der Waals surface area contributed by atoms with E-state index in [1.54, 1.807) is 18.5 Å². The van der Waals surface area contributed by atoms with E-state index in [1.165, 1.54) is 0 Å². The quantitative estimate of drug-likeness (QED) is 0.690. The van der Waals surface area contributed by atoms with Crippen molar-refractivity contribution in [3.8, 4) is 16.9 Å². The number of carbonyl (C=O) groups is 1. The molecule has 5 nitrogen and oxygen atoms in total. The van der Waals surface area contributed by atoms with E-state index in [4.69, 9.17) is 5.10 Å². The van der Waals surface area contributed by atoms with E-state index in [2.05, 4.69) is 4.98 Å². The Balaban J connectivity index is 1.72. The van der Waals surface area contributed by atoms with Gasteiger partial charge in [-0.1, -0.05) is 18.2 Å². The standard InChI is InChI=1S/C20H18N4O/c25-19(23-12-5-13-23)10-9-17-15-24(18-7-2-1-3-8-18)22-20(17)16-6-4-11-21-14-16/h1-4,6-11,14-15H,5,12-13H2. The molecule has 0 radical (unpaired) electrons. The van der Waals surface area contributed by atoms with Crippen LogP contribution in [0, 0.1) is 0 Å². The van der Waals surface area contributed by atoms with Crippen LogP contribution in [0.2, 0.25) is 0 Å². The van der Waals surface area contributed by atoms with Crippen LogP contribution < -0.4 is 0 Å². The van der Waals surface area contributed by atoms with Crippen LogP contribution in [0.25, 0.3) is 23.0 Å². The monoisotopic (exact) mass is 330 g/mol. The minimum Gasteiger partial charge on any atom is -0.339 e. The molecule has 0 unspecified atom stereocenters. The number of hydrogen-bond acceptors (Lipinski definition) is 3. The highest BCUT2D eigenvalue weighted by Gasteiger charge is 2.18. The Labute approximate surface area is 146 Å². The third-order valence-corrected chi connectivity index (χ3v) is 4.27. The van der Waals surface area contributed by atoms with Gasteiger partial charge in [0.05, 0.1) is 5.69 Å². The number of pyridine rings is 1. The average molecular weight is 330 g/mol. The average Bonchev–Trinajstić information content (AvgIpc) is 3.04. The largest absolute Gasteiger partial charge is 0.339 e. The number of aromatic nitrogens is 3. The molecule has 1 saturated heterocycles. The molecule has 0 aliphatic carbocycles. The Morgan fingerprint density at radius 3 is 2.60 bits per heavy atom. The Morgan fingerprint density at radius 1 is 1.08 bits per heavy atom. The molecule has 0 N–H and O–H groups in total. The number of nitrogens with zero attached hydrogens (tertiary/aromatic N) is 4. The smallest absolute Gasteiger partial charge is 0.246 e. The fourth-order valence-electron chi connectivity index (χ4n) is 2.75. The van der Waals surface area contributed by atoms with E-state index in [-0.39, 0.29) is 5.91 Å². The summed E-state index contributed by atoms with van der Waals surface area (Å²) in [6, 6.07) is 13.8. The highest BCUT2D eigenvalue weighted by molar-refractivity contribution is 5.93. The van der Waals surface area contributed by atoms with E-state index < -0.39 is 0 Å². The second-order valence-electron chi connectivity index (χ2n) is 5.97. The van der Waals surface area contributed by atoms with Crippen LogP contribution >= 0.6 is 0 Å². The predicted octanol–water partition coefficient (Wildman–Crippen LogP) is 3.18. The van der Waals surface area contributed by atoms with Crippen molar-refractivity contribution in [3.05, 3.63) is 72.7 Å². The van der Waals surface area contributed by atoms with Crippen LogP contribution in [0.4, 0.5) is 0 Å². The Bertz CT molecular complexity index is 896. The summed E-state index contributed by atoms with van der Waals surface area (Å²) in [5.41, 5.74) is 3.60. The van der Waals surface area contributed by atoms with Gasteiger partial charge in [0.15, 0.2) is 0 Å². The van der Waals surface area contributed by atoms with Gasteiger partial charge < -0.3 is 4.90 Å². The molecule has 25 heavy (non-hydrogen) atoms. The molecular formula is C20H18N4O. The van der Waals surface area contributed by atoms with E-state index >= 15 is 0 Å². The van der Waals surface area contributed by atoms with Gasteiger partial charge in [0.25, 0.3) is 0 Å². The van der Waals surface area contributed by atoms with Gasteiger partial charge in [0.1, 0.15) is 5.69 Å². The molecule has 4 rings (SSSR count). The molecule has 2 aromatic heterocycles. The van der Waals surface area contributed by atoms with Crippen molar-refractivity contribution < 1.29 is 4.79 Å². The lowest BCUT2D eigenvalue weighted by Crippen LogP contribution is -2.40. The zero-order valence-corrected chi connectivity index (χ0v) is 13.7. The summed E-state index contributed by atoms with van der Waals surface area (Å²) in [5.74, 6) is 0.0517. The predicted molar refractivity (Wildman–Crippen MR) is 97.0 cm³/mol. The topological polar surface area (TPSA) is 51.0 Å². The third kappa shape index (κ3) is 3.21. The van der Waals surface area contributed by atoms with Crippen LogP contribution in [-0.4, -0.2) is 38.7 Å². The molecule has 0 saturated carbocycles. The van der Waals surface area contributed by atoms with Crippen LogP contribution in [0.15, 0.2) is 67.1 Å². The van der Waals surface area contributed by atoms with Crippen LogP contribution in [0.1, 0.15) is 12.0 Å². The molecule has 0 atom stereocenters. The van der Waals surface area contributed by atoms with Gasteiger partial charge >= 0.3 is 0 Å². The van der Waals surface area contributed by atoms with Crippen LogP contribution in [0.5, 0.6) is 0 Å². The maximum absolute atomic E-state index is 12.1. The van der Waals surface area contributed by atoms with E-state index in [0.29, 0.717) is 0 Å². The summed E-state index contributed by atoms with van der Waals surface area (Å²) < 4.78 is 1.83. The molecule has 124 valence electrons. The summed E-state index contributed by atoms with van der Waals surface area (Å²) in [4.78, 5) is 18.1. The number of carbonyl (C=O) groups excluding carboxylic acids is 1. The molecule has 1 aromatic carbocycles. The second kappa shape index (κ2) is 6.73. The first-order valence-electron chi connectivity index (χ1n) is 8.34. The van der Waals surface area contributed by atoms with Crippen molar-refractivity contribution in [2.45, 2.75) is 6.42 Å². The molecular weight excluding hydrogens is 312 g/mol. The van der Waals surface area contributed by atoms with Gasteiger partial charge in [0, 0.05) is 48.9 Å². The fourth-order valence-corrected chi connectivity index (χ4v) is 2.75. The van der Waals surface area contributed by atoms with Crippen molar-refractivity contribution in [1.82, 2.24) is 19.7 Å². The maximum Gasteiger partial charge on any atom is 0.246 e. The summed E-state index contributed by atoms with van der Waals surface area (Å²) >= 11 is 0. The zero-order chi connectivity index (χ0) is 17.1. The number of para-hydroxylation sites is 1. The number of hydrogen-bond donors (Lipinski definition) is 0. The lowest BCUT2D eigenvalue weighted by atomic mass is 10.1. The van der Waals surface area contributed by atoms with Gasteiger partial charge in [-0.25, -0.2) is 4.68 Å². The lowest BCUT2D eigenvalue weighted by molar-refractivity contribution is -0.129. The molecule has 1 aliphatic rings. The third-order valence-electron chi connectivity index (χ3n) is 4.27. The molecule has 3 heterocycles. The van der Waals surface area contributed by atoms with E-state index in [9.17, 15) is 4.79 Å². The Morgan fingerprint density at radius 2 is 1.92 bits per heavy atom. The lowest BCUT2D eigenvalue weighted by Gasteiger charge is -2.29. The van der Waals surface area contributed by atoms with Crippen LogP contribution in [-0.2, 0) is 4.79 Å². The molecule has 0 bridgehead atoms. The summed E-state index contributed by atoms with van der Waals surface area (Å²) in [6.45, 7) is 1.70. The van der Waals surface area contributed by atoms with Gasteiger partial charge in [-0.05, 0) is 36.8 Å². The normalized spacial score (nSPS) is 13.8. The van der Waals surface area contributed by atoms with Gasteiger partial charge in [-0.2, -0.15) is 5.10 Å². The fraction of sp³-hybridized carbons (Fsp3) is 0.150. The van der Waals surface area contributed by atoms with E-state index in [1.807, 2.05) is 64.3 Å². The Kier molecular flexibility index (Phi) is 4.12. The van der Waals surface area contributed by atoms with Crippen LogP contribution in [0.3, 0.4) is 0 Å². The number of amides is 1. The SMILES string of the molecule is O=C(C=Cc1cn(-c2ccccc2)nc1-c1cccnc1)N1CCC1. The first kappa shape index (κ1) is 15.3. The molecule has 1 fully saturated rings. The zero-order valence-electron chi connectivity index (χ0n) is 13.7. The first-order valence-corrected chi connectivity index (χ1v) is 8.34. The maximum atomic E-state index is 12.1. The van der Waals surface area contributed by atoms with Crippen molar-refractivity contribution in [2.24, 2.45) is 0 Å².